The van der Waals surface area contributed by atoms with Crippen LogP contribution < -0.4 is 0 Å². The molecular formula is C37H67N2O16-. The van der Waals surface area contributed by atoms with Gasteiger partial charge in [-0.15, -0.1) is 0 Å². The average molecular weight is 796 g/mol. The van der Waals surface area contributed by atoms with Gasteiger partial charge >= 0.3 is 5.97 Å². The monoisotopic (exact) mass is 795 g/mol. The van der Waals surface area contributed by atoms with E-state index in [-0.39, 0.29) is 31.4 Å². The molecule has 18 heteroatoms. The summed E-state index contributed by atoms with van der Waals surface area (Å²) >= 11 is 0. The van der Waals surface area contributed by atoms with Crippen molar-refractivity contribution in [2.75, 3.05) is 21.2 Å². The number of esters is 1. The molecule has 18 atom stereocenters. The number of nitrogens with zero attached hydrogens (tertiary/aromatic N) is 2. The molecule has 0 radical (unpaired) electrons. The van der Waals surface area contributed by atoms with E-state index >= 15 is 0 Å². The van der Waals surface area contributed by atoms with E-state index in [0.717, 1.165) is 0 Å². The second kappa shape index (κ2) is 19.6. The van der Waals surface area contributed by atoms with Gasteiger partial charge in [-0.2, -0.15) is 0 Å². The number of methoxy groups -OCH3 is 1. The normalized spacial score (nSPS) is 46.6. The van der Waals surface area contributed by atoms with Crippen LogP contribution in [-0.4, -0.2) is 153 Å². The van der Waals surface area contributed by atoms with Gasteiger partial charge in [0.2, 0.25) is 0 Å². The molecule has 0 spiro atoms. The molecule has 0 aromatic rings. The summed E-state index contributed by atoms with van der Waals surface area (Å²) in [5.41, 5.74) is -4.84. The van der Waals surface area contributed by atoms with Crippen LogP contribution in [0.15, 0.2) is 0 Å². The molecule has 5 N–H and O–H groups in total. The third-order valence-corrected chi connectivity index (χ3v) is 11.8. The van der Waals surface area contributed by atoms with E-state index in [1.165, 1.54) is 27.9 Å². The molecular weight excluding hydrogens is 728 g/mol. The fourth-order valence-electron chi connectivity index (χ4n) is 8.41. The van der Waals surface area contributed by atoms with Crippen LogP contribution in [0.25, 0.3) is 0 Å². The van der Waals surface area contributed by atoms with Gasteiger partial charge in [0.05, 0.1) is 52.7 Å². The van der Waals surface area contributed by atoms with E-state index in [4.69, 9.17) is 43.7 Å². The summed E-state index contributed by atoms with van der Waals surface area (Å²) < 4.78 is 37.1. The molecule has 322 valence electrons. The first kappa shape index (κ1) is 49.0. The molecule has 55 heavy (non-hydrogen) atoms. The standard InChI is InChI=1S/C37H67NO13.NO3/c1-14-25-37(10,45)30(41)20(4)27(39)18(2)16-35(8,44)32(51-34-28(40)24(38(11)12)15-19(3)47-34)21(5)29(22(6)33(43)49-25)50-26-17-36(9,46-13)31(42)23(7)48-26;2-1(3)4/h18-26,28-32,34,40-42,44-45H,14-17H2,1-13H3;/q;-1/t18-,19+,20+,21+,22-,23+,24-,25-,26+,28+,29+,30-,31+,32-,34-,35-,36-,37-;/m1./s1. The number of likely N-dealkylation sites (N-methyl/N-ethyl adjacent to an activating group) is 1. The zero-order chi connectivity index (χ0) is 42.5. The van der Waals surface area contributed by atoms with Crippen molar-refractivity contribution in [2.45, 2.75) is 179 Å². The molecule has 0 bridgehead atoms. The fraction of sp³-hybridized carbons (Fsp3) is 0.946. The third-order valence-electron chi connectivity index (χ3n) is 11.8. The first-order valence-corrected chi connectivity index (χ1v) is 19.0. The van der Waals surface area contributed by atoms with Crippen molar-refractivity contribution < 1.29 is 68.6 Å². The van der Waals surface area contributed by atoms with Crippen LogP contribution in [0.4, 0.5) is 0 Å². The Morgan fingerprint density at radius 2 is 1.47 bits per heavy atom. The molecule has 0 aromatic heterocycles. The van der Waals surface area contributed by atoms with Crippen LogP contribution in [0.1, 0.15) is 94.9 Å². The second-order valence-corrected chi connectivity index (χ2v) is 16.7. The summed E-state index contributed by atoms with van der Waals surface area (Å²) in [5, 5.41) is 72.4. The van der Waals surface area contributed by atoms with Gasteiger partial charge < -0.3 is 74.2 Å². The van der Waals surface area contributed by atoms with Crippen LogP contribution in [0.2, 0.25) is 0 Å². The number of aliphatic hydroxyl groups excluding tert-OH is 3. The zero-order valence-electron chi connectivity index (χ0n) is 34.6. The fourth-order valence-corrected chi connectivity index (χ4v) is 8.41. The van der Waals surface area contributed by atoms with Crippen molar-refractivity contribution in [3.8, 4) is 0 Å². The van der Waals surface area contributed by atoms with Crippen molar-refractivity contribution >= 4 is 11.8 Å². The maximum Gasteiger partial charge on any atom is 0.311 e. The topological polar surface area (TPSA) is 260 Å². The van der Waals surface area contributed by atoms with Crippen molar-refractivity contribution in [3.63, 3.8) is 0 Å². The summed E-state index contributed by atoms with van der Waals surface area (Å²) in [7, 11) is 5.18. The molecule has 0 saturated carbocycles. The number of Topliss-reactive ketones (excluding diaryl/α,β-unsaturated/α-hetero) is 1. The number of rotatable bonds is 7. The largest absolute Gasteiger partial charge is 0.459 e. The Kier molecular flexibility index (Phi) is 17.4. The van der Waals surface area contributed by atoms with Gasteiger partial charge in [0, 0.05) is 37.3 Å². The minimum atomic E-state index is -1.99. The van der Waals surface area contributed by atoms with E-state index < -0.39 is 113 Å². The minimum absolute atomic E-state index is 0.0936. The third kappa shape index (κ3) is 11.7. The molecule has 18 nitrogen and oxygen atoms in total. The highest BCUT2D eigenvalue weighted by Gasteiger charge is 2.53. The van der Waals surface area contributed by atoms with Crippen molar-refractivity contribution in [2.24, 2.45) is 23.7 Å². The van der Waals surface area contributed by atoms with Crippen LogP contribution in [-0.2, 0) is 38.0 Å². The predicted octanol–water partition coefficient (Wildman–Crippen LogP) is 1.55. The lowest BCUT2D eigenvalue weighted by atomic mass is 9.74. The predicted molar refractivity (Wildman–Crippen MR) is 197 cm³/mol. The lowest BCUT2D eigenvalue weighted by Gasteiger charge is -2.49. The molecule has 3 aliphatic rings. The zero-order valence-corrected chi connectivity index (χ0v) is 34.6. The van der Waals surface area contributed by atoms with Gasteiger partial charge in [0.25, 0.3) is 0 Å². The van der Waals surface area contributed by atoms with E-state index in [9.17, 15) is 35.1 Å². The smallest absolute Gasteiger partial charge is 0.311 e. The van der Waals surface area contributed by atoms with Crippen LogP contribution in [0.3, 0.4) is 0 Å². The van der Waals surface area contributed by atoms with Crippen LogP contribution >= 0.6 is 0 Å². The molecule has 0 unspecified atom stereocenters. The lowest BCUT2D eigenvalue weighted by molar-refractivity contribution is -0.402. The summed E-state index contributed by atoms with van der Waals surface area (Å²) in [6, 6.07) is -0.324. The second-order valence-electron chi connectivity index (χ2n) is 16.7. The van der Waals surface area contributed by atoms with E-state index in [0.29, 0.717) is 6.42 Å². The number of carbonyl (C=O) groups is 2. The van der Waals surface area contributed by atoms with E-state index in [1.54, 1.807) is 41.5 Å². The Balaban J connectivity index is 0.00000248. The number of ether oxygens (including phenoxy) is 6. The molecule has 3 fully saturated rings. The summed E-state index contributed by atoms with van der Waals surface area (Å²) in [4.78, 5) is 38.0. The van der Waals surface area contributed by atoms with Crippen LogP contribution in [0.5, 0.6) is 0 Å². The SMILES string of the molecule is CC[C@H]1OC(=O)[C@H](C)[C@@H](O[C@H]2C[C@@](C)(OC)[C@@H](O)[C@H](C)O2)[C@H](C)[C@@H](O[C@H]2O[C@@H](C)C[C@@H](N(C)C)[C@@H]2O)[C@](C)(O)C[C@@H](C)C(=O)[C@H](C)[C@@H](O)[C@]1(C)O.O=[N+]([O-])[O-]. The molecule has 3 heterocycles. The minimum Gasteiger partial charge on any atom is -0.459 e. The van der Waals surface area contributed by atoms with Gasteiger partial charge in [-0.3, -0.25) is 9.59 Å². The number of carbonyl (C=O) groups excluding carboxylic acids is 2. The first-order chi connectivity index (χ1) is 25.2. The Labute approximate surface area is 324 Å². The highest BCUT2D eigenvalue weighted by Crippen LogP contribution is 2.40. The highest BCUT2D eigenvalue weighted by atomic mass is 16.9. The average Bonchev–Trinajstić information content (AvgIpc) is 3.08. The first-order valence-electron chi connectivity index (χ1n) is 19.0. The van der Waals surface area contributed by atoms with E-state index in [2.05, 4.69) is 0 Å². The van der Waals surface area contributed by atoms with Crippen molar-refractivity contribution in [1.82, 2.24) is 4.90 Å². The Hall–Kier alpha value is -2.10. The molecule has 0 aromatic carbocycles. The Morgan fingerprint density at radius 3 is 1.98 bits per heavy atom. The molecule has 0 aliphatic carbocycles. The van der Waals surface area contributed by atoms with Gasteiger partial charge in [0.15, 0.2) is 12.6 Å². The maximum absolute atomic E-state index is 14.1. The summed E-state index contributed by atoms with van der Waals surface area (Å²) in [6.45, 7) is 16.3. The highest BCUT2D eigenvalue weighted by molar-refractivity contribution is 5.83. The Morgan fingerprint density at radius 1 is 0.909 bits per heavy atom. The number of ketones is 1. The summed E-state index contributed by atoms with van der Waals surface area (Å²) in [5.74, 6) is -4.98. The number of aliphatic hydroxyl groups is 5. The summed E-state index contributed by atoms with van der Waals surface area (Å²) in [6.07, 6.45) is -9.71. The van der Waals surface area contributed by atoms with Crippen molar-refractivity contribution in [3.05, 3.63) is 15.3 Å². The molecule has 3 rings (SSSR count). The number of hydrogen-bond acceptors (Lipinski definition) is 17. The maximum atomic E-state index is 14.1. The van der Waals surface area contributed by atoms with Gasteiger partial charge in [-0.25, -0.2) is 0 Å². The van der Waals surface area contributed by atoms with E-state index in [1.807, 2.05) is 25.9 Å². The Bertz CT molecular complexity index is 1270. The lowest BCUT2D eigenvalue weighted by Crippen LogP contribution is -2.61. The van der Waals surface area contributed by atoms with Gasteiger partial charge in [-0.1, -0.05) is 27.7 Å². The molecule has 3 saturated heterocycles. The molecule has 0 amide bonds. The van der Waals surface area contributed by atoms with Gasteiger partial charge in [-0.05, 0) is 74.9 Å². The number of cyclic esters (lactones) is 1. The van der Waals surface area contributed by atoms with Crippen molar-refractivity contribution in [1.29, 1.82) is 0 Å². The number of hydrogen-bond donors (Lipinski definition) is 5. The van der Waals surface area contributed by atoms with Crippen LogP contribution in [0, 0.1) is 39.0 Å². The molecule has 3 aliphatic heterocycles. The van der Waals surface area contributed by atoms with Gasteiger partial charge in [0.1, 0.15) is 29.7 Å². The quantitative estimate of drug-likeness (QED) is 0.139.